The molecule has 0 bridgehead atoms. The number of nitrogens with one attached hydrogen (secondary N) is 2. The van der Waals surface area contributed by atoms with Gasteiger partial charge in [-0.3, -0.25) is 9.97 Å². The van der Waals surface area contributed by atoms with Crippen LogP contribution in [0.3, 0.4) is 0 Å². The molecule has 0 spiro atoms. The lowest BCUT2D eigenvalue weighted by atomic mass is 10.1. The molecule has 34 heavy (non-hydrogen) atoms. The molecule has 170 valence electrons. The summed E-state index contributed by atoms with van der Waals surface area (Å²) in [5, 5.41) is 3.49. The van der Waals surface area contributed by atoms with Gasteiger partial charge < -0.3 is 19.9 Å². The monoisotopic (exact) mass is 450 g/mol. The SMILES string of the molecule is CN(C)CCOc1ccc(Nc2ccc(-c3cnccn3)cc2)cc1-c1nc2ccccc2[nH]1. The summed E-state index contributed by atoms with van der Waals surface area (Å²) < 4.78 is 6.13. The fourth-order valence-corrected chi connectivity index (χ4v) is 3.68. The Labute approximate surface area is 198 Å². The molecule has 2 heterocycles. The number of nitrogens with zero attached hydrogens (tertiary/aromatic N) is 4. The zero-order chi connectivity index (χ0) is 23.3. The van der Waals surface area contributed by atoms with Gasteiger partial charge >= 0.3 is 0 Å². The third-order valence-electron chi connectivity index (χ3n) is 5.45. The normalized spacial score (nSPS) is 11.1. The third-order valence-corrected chi connectivity index (χ3v) is 5.45. The lowest BCUT2D eigenvalue weighted by molar-refractivity contribution is 0.262. The van der Waals surface area contributed by atoms with Crippen molar-refractivity contribution in [3.8, 4) is 28.4 Å². The Morgan fingerprint density at radius 2 is 1.76 bits per heavy atom. The first-order valence-electron chi connectivity index (χ1n) is 11.2. The highest BCUT2D eigenvalue weighted by Gasteiger charge is 2.13. The molecular weight excluding hydrogens is 424 g/mol. The zero-order valence-corrected chi connectivity index (χ0v) is 19.2. The third kappa shape index (κ3) is 4.89. The average Bonchev–Trinajstić information content (AvgIpc) is 3.30. The standard InChI is InChI=1S/C27H26N6O/c1-33(2)15-16-34-26-12-11-21(17-22(26)27-31-23-5-3-4-6-24(23)32-27)30-20-9-7-19(8-10-20)25-18-28-13-14-29-25/h3-14,17-18,30H,15-16H2,1-2H3,(H,31,32). The molecule has 7 heteroatoms. The van der Waals surface area contributed by atoms with Crippen LogP contribution in [0.4, 0.5) is 11.4 Å². The first kappa shape index (κ1) is 21.6. The van der Waals surface area contributed by atoms with Gasteiger partial charge in [-0.25, -0.2) is 4.98 Å². The van der Waals surface area contributed by atoms with Crippen LogP contribution in [0.15, 0.2) is 85.3 Å². The van der Waals surface area contributed by atoms with Crippen LogP contribution in [-0.4, -0.2) is 52.1 Å². The van der Waals surface area contributed by atoms with E-state index in [-0.39, 0.29) is 0 Å². The van der Waals surface area contributed by atoms with Crippen molar-refractivity contribution in [2.75, 3.05) is 32.6 Å². The first-order chi connectivity index (χ1) is 16.7. The summed E-state index contributed by atoms with van der Waals surface area (Å²) in [6.07, 6.45) is 5.13. The van der Waals surface area contributed by atoms with Crippen molar-refractivity contribution in [2.24, 2.45) is 0 Å². The number of rotatable bonds is 8. The fourth-order valence-electron chi connectivity index (χ4n) is 3.68. The molecule has 7 nitrogen and oxygen atoms in total. The Kier molecular flexibility index (Phi) is 6.18. The van der Waals surface area contributed by atoms with Gasteiger partial charge in [-0.2, -0.15) is 0 Å². The molecule has 5 aromatic rings. The summed E-state index contributed by atoms with van der Waals surface area (Å²) in [5.74, 6) is 1.58. The quantitative estimate of drug-likeness (QED) is 0.331. The van der Waals surface area contributed by atoms with Crippen LogP contribution in [0.25, 0.3) is 33.7 Å². The molecule has 0 unspecified atom stereocenters. The zero-order valence-electron chi connectivity index (χ0n) is 19.2. The largest absolute Gasteiger partial charge is 0.491 e. The maximum Gasteiger partial charge on any atom is 0.142 e. The highest BCUT2D eigenvalue weighted by Crippen LogP contribution is 2.33. The highest BCUT2D eigenvalue weighted by atomic mass is 16.5. The smallest absolute Gasteiger partial charge is 0.142 e. The van der Waals surface area contributed by atoms with Crippen LogP contribution in [-0.2, 0) is 0 Å². The van der Waals surface area contributed by atoms with E-state index in [4.69, 9.17) is 9.72 Å². The Morgan fingerprint density at radius 1 is 0.941 bits per heavy atom. The lowest BCUT2D eigenvalue weighted by Gasteiger charge is -2.15. The number of hydrogen-bond acceptors (Lipinski definition) is 6. The van der Waals surface area contributed by atoms with Gasteiger partial charge in [-0.15, -0.1) is 0 Å². The average molecular weight is 451 g/mol. The van der Waals surface area contributed by atoms with Gasteiger partial charge in [0.05, 0.1) is 28.5 Å². The number of para-hydroxylation sites is 2. The molecule has 5 rings (SSSR count). The lowest BCUT2D eigenvalue weighted by Crippen LogP contribution is -2.19. The van der Waals surface area contributed by atoms with Gasteiger partial charge in [-0.1, -0.05) is 24.3 Å². The van der Waals surface area contributed by atoms with Gasteiger partial charge in [0.25, 0.3) is 0 Å². The highest BCUT2D eigenvalue weighted by molar-refractivity contribution is 5.82. The topological polar surface area (TPSA) is 79.0 Å². The van der Waals surface area contributed by atoms with Crippen molar-refractivity contribution in [1.29, 1.82) is 0 Å². The minimum Gasteiger partial charge on any atom is -0.491 e. The van der Waals surface area contributed by atoms with Crippen LogP contribution in [0, 0.1) is 0 Å². The second-order valence-electron chi connectivity index (χ2n) is 8.26. The van der Waals surface area contributed by atoms with E-state index in [0.717, 1.165) is 57.3 Å². The van der Waals surface area contributed by atoms with Crippen LogP contribution in [0.2, 0.25) is 0 Å². The van der Waals surface area contributed by atoms with E-state index >= 15 is 0 Å². The van der Waals surface area contributed by atoms with Crippen molar-refractivity contribution < 1.29 is 4.74 Å². The number of H-pyrrole nitrogens is 1. The van der Waals surface area contributed by atoms with Crippen molar-refractivity contribution in [2.45, 2.75) is 0 Å². The van der Waals surface area contributed by atoms with E-state index in [1.54, 1.807) is 18.6 Å². The summed E-state index contributed by atoms with van der Waals surface area (Å²) in [5.41, 5.74) is 6.62. The van der Waals surface area contributed by atoms with Crippen molar-refractivity contribution in [1.82, 2.24) is 24.8 Å². The van der Waals surface area contributed by atoms with E-state index in [2.05, 4.69) is 31.2 Å². The molecule has 0 aliphatic carbocycles. The number of anilines is 2. The van der Waals surface area contributed by atoms with E-state index in [9.17, 15) is 0 Å². The summed E-state index contributed by atoms with van der Waals surface area (Å²) in [7, 11) is 4.07. The van der Waals surface area contributed by atoms with Crippen molar-refractivity contribution in [3.63, 3.8) is 0 Å². The molecule has 2 aromatic heterocycles. The molecule has 0 radical (unpaired) electrons. The number of hydrogen-bond donors (Lipinski definition) is 2. The first-order valence-corrected chi connectivity index (χ1v) is 11.2. The van der Waals surface area contributed by atoms with Crippen molar-refractivity contribution >= 4 is 22.4 Å². The molecule has 0 atom stereocenters. The minimum atomic E-state index is 0.594. The van der Waals surface area contributed by atoms with E-state index < -0.39 is 0 Å². The molecule has 0 aliphatic rings. The Bertz CT molecular complexity index is 1350. The Balaban J connectivity index is 1.43. The minimum absolute atomic E-state index is 0.594. The number of aromatic amines is 1. The Morgan fingerprint density at radius 3 is 2.53 bits per heavy atom. The fraction of sp³-hybridized carbons (Fsp3) is 0.148. The molecule has 2 N–H and O–H groups in total. The summed E-state index contributed by atoms with van der Waals surface area (Å²) in [6.45, 7) is 1.43. The number of fused-ring (bicyclic) bond motifs is 1. The predicted octanol–water partition coefficient (Wildman–Crippen LogP) is 5.37. The van der Waals surface area contributed by atoms with Gasteiger partial charge in [0, 0.05) is 35.9 Å². The Hall–Kier alpha value is -4.23. The molecule has 0 saturated carbocycles. The molecule has 0 aliphatic heterocycles. The van der Waals surface area contributed by atoms with Crippen LogP contribution < -0.4 is 10.1 Å². The van der Waals surface area contributed by atoms with E-state index in [1.165, 1.54) is 0 Å². The summed E-state index contributed by atoms with van der Waals surface area (Å²) >= 11 is 0. The van der Waals surface area contributed by atoms with Gasteiger partial charge in [0.2, 0.25) is 0 Å². The number of ether oxygens (including phenoxy) is 1. The number of aromatic nitrogens is 4. The number of likely N-dealkylation sites (N-methyl/N-ethyl adjacent to an activating group) is 1. The van der Waals surface area contributed by atoms with Crippen LogP contribution in [0.5, 0.6) is 5.75 Å². The van der Waals surface area contributed by atoms with E-state index in [1.807, 2.05) is 74.8 Å². The maximum atomic E-state index is 6.13. The second-order valence-corrected chi connectivity index (χ2v) is 8.26. The summed E-state index contributed by atoms with van der Waals surface area (Å²) in [4.78, 5) is 18.8. The number of imidazole rings is 1. The van der Waals surface area contributed by atoms with Gasteiger partial charge in [0.1, 0.15) is 18.2 Å². The summed E-state index contributed by atoms with van der Waals surface area (Å²) in [6, 6.07) is 22.2. The van der Waals surface area contributed by atoms with Gasteiger partial charge in [0.15, 0.2) is 0 Å². The molecule has 0 saturated heterocycles. The maximum absolute atomic E-state index is 6.13. The van der Waals surface area contributed by atoms with Crippen LogP contribution >= 0.6 is 0 Å². The van der Waals surface area contributed by atoms with Crippen molar-refractivity contribution in [3.05, 3.63) is 85.3 Å². The molecule has 3 aromatic carbocycles. The molecule has 0 amide bonds. The van der Waals surface area contributed by atoms with Gasteiger partial charge in [-0.05, 0) is 56.6 Å². The number of benzene rings is 3. The molecular formula is C27H26N6O. The molecule has 0 fully saturated rings. The second kappa shape index (κ2) is 9.72. The predicted molar refractivity (Wildman–Crippen MR) is 136 cm³/mol. The van der Waals surface area contributed by atoms with E-state index in [0.29, 0.717) is 6.61 Å². The van der Waals surface area contributed by atoms with Crippen LogP contribution in [0.1, 0.15) is 0 Å².